The number of amides is 2. The van der Waals surface area contributed by atoms with Gasteiger partial charge in [-0.1, -0.05) is 12.2 Å². The van der Waals surface area contributed by atoms with Crippen molar-refractivity contribution >= 4 is 46.9 Å². The van der Waals surface area contributed by atoms with Crippen molar-refractivity contribution in [2.45, 2.75) is 31.9 Å². The summed E-state index contributed by atoms with van der Waals surface area (Å²) in [6.07, 6.45) is 1.57. The molecule has 1 saturated carbocycles. The van der Waals surface area contributed by atoms with Crippen LogP contribution in [0.1, 0.15) is 20.3 Å². The van der Waals surface area contributed by atoms with E-state index in [4.69, 9.17) is 17.0 Å². The Labute approximate surface area is 166 Å². The molecule has 0 radical (unpaired) electrons. The second-order valence-electron chi connectivity index (χ2n) is 7.18. The number of carbonyl (C=O) groups is 2. The van der Waals surface area contributed by atoms with Crippen LogP contribution >= 0.6 is 12.2 Å². The average molecular weight is 405 g/mol. The Morgan fingerprint density at radius 3 is 2.79 bits per heavy atom. The Kier molecular flexibility index (Phi) is 4.45. The lowest BCUT2D eigenvalue weighted by Crippen LogP contribution is -2.39. The number of halogens is 1. The van der Waals surface area contributed by atoms with Crippen LogP contribution in [0.2, 0.25) is 0 Å². The number of hydrogen-bond acceptors (Lipinski definition) is 6. The van der Waals surface area contributed by atoms with E-state index in [-0.39, 0.29) is 18.5 Å². The number of anilines is 2. The van der Waals surface area contributed by atoms with Crippen LogP contribution in [-0.2, 0) is 9.53 Å². The first-order valence-electron chi connectivity index (χ1n) is 8.95. The fourth-order valence-corrected chi connectivity index (χ4v) is 3.69. The molecule has 10 heteroatoms. The Hall–Kier alpha value is -2.75. The van der Waals surface area contributed by atoms with Gasteiger partial charge in [-0.2, -0.15) is 5.10 Å². The van der Waals surface area contributed by atoms with Crippen molar-refractivity contribution in [3.63, 3.8) is 0 Å². The molecule has 0 unspecified atom stereocenters. The molecule has 8 nitrogen and oxygen atoms in total. The molecule has 1 N–H and O–H groups in total. The third kappa shape index (κ3) is 3.28. The fourth-order valence-electron chi connectivity index (χ4n) is 3.55. The molecule has 2 fully saturated rings. The molecule has 4 rings (SSSR count). The molecule has 0 aromatic heterocycles. The minimum Gasteiger partial charge on any atom is -0.438 e. The first-order chi connectivity index (χ1) is 13.3. The Morgan fingerprint density at radius 1 is 1.39 bits per heavy atom. The van der Waals surface area contributed by atoms with Gasteiger partial charge in [-0.05, 0) is 25.1 Å². The van der Waals surface area contributed by atoms with Gasteiger partial charge in [-0.25, -0.2) is 9.18 Å². The van der Waals surface area contributed by atoms with Crippen molar-refractivity contribution in [2.75, 3.05) is 29.4 Å². The standard InChI is InChI=1S/C18H20FN5O3S/c1-11(25)21-16-8-18(16)9-23(17(26)27-18)13-3-4-15(14(19)7-13)22-5-6-24(12(2)28)20-10-22/h3-4,7,10,16H,5-6,8-9H2,1-2H3,(H,21,25)/t16-,18-/m0/s1. The highest BCUT2D eigenvalue weighted by Gasteiger charge is 2.64. The molecule has 28 heavy (non-hydrogen) atoms. The third-order valence-electron chi connectivity index (χ3n) is 5.14. The predicted molar refractivity (Wildman–Crippen MR) is 106 cm³/mol. The molecule has 1 aliphatic carbocycles. The summed E-state index contributed by atoms with van der Waals surface area (Å²) in [4.78, 5) is 27.3. The van der Waals surface area contributed by atoms with E-state index in [0.29, 0.717) is 35.9 Å². The molecular formula is C18H20FN5O3S. The van der Waals surface area contributed by atoms with Crippen LogP contribution in [-0.4, -0.2) is 59.6 Å². The molecule has 1 aromatic rings. The molecule has 2 heterocycles. The van der Waals surface area contributed by atoms with Gasteiger partial charge in [-0.15, -0.1) is 0 Å². The van der Waals surface area contributed by atoms with E-state index < -0.39 is 17.5 Å². The van der Waals surface area contributed by atoms with Crippen LogP contribution in [0.3, 0.4) is 0 Å². The van der Waals surface area contributed by atoms with Crippen LogP contribution in [0.15, 0.2) is 23.3 Å². The molecule has 1 aromatic carbocycles. The zero-order valence-electron chi connectivity index (χ0n) is 15.5. The number of hydrogen-bond donors (Lipinski definition) is 1. The quantitative estimate of drug-likeness (QED) is 0.774. The topological polar surface area (TPSA) is 77.5 Å². The lowest BCUT2D eigenvalue weighted by molar-refractivity contribution is -0.119. The second kappa shape index (κ2) is 6.69. The second-order valence-corrected chi connectivity index (χ2v) is 7.77. The van der Waals surface area contributed by atoms with Gasteiger partial charge in [0.1, 0.15) is 12.2 Å². The summed E-state index contributed by atoms with van der Waals surface area (Å²) < 4.78 is 20.2. The largest absolute Gasteiger partial charge is 0.438 e. The number of rotatable bonds is 3. The fraction of sp³-hybridized carbons (Fsp3) is 0.444. The molecule has 148 valence electrons. The molecule has 2 aliphatic heterocycles. The van der Waals surface area contributed by atoms with Crippen molar-refractivity contribution in [1.29, 1.82) is 0 Å². The zero-order chi connectivity index (χ0) is 20.1. The summed E-state index contributed by atoms with van der Waals surface area (Å²) in [5.41, 5.74) is 0.0836. The highest BCUT2D eigenvalue weighted by atomic mass is 32.1. The van der Waals surface area contributed by atoms with Gasteiger partial charge in [0.15, 0.2) is 5.60 Å². The molecule has 2 atom stereocenters. The van der Waals surface area contributed by atoms with Gasteiger partial charge in [0.2, 0.25) is 5.91 Å². The number of nitrogens with zero attached hydrogens (tertiary/aromatic N) is 4. The first kappa shape index (κ1) is 18.6. The minimum absolute atomic E-state index is 0.169. The lowest BCUT2D eigenvalue weighted by atomic mass is 10.2. The monoisotopic (exact) mass is 405 g/mol. The van der Waals surface area contributed by atoms with Gasteiger partial charge in [-0.3, -0.25) is 14.7 Å². The van der Waals surface area contributed by atoms with Crippen molar-refractivity contribution in [3.05, 3.63) is 24.0 Å². The van der Waals surface area contributed by atoms with Crippen molar-refractivity contribution < 1.29 is 18.7 Å². The van der Waals surface area contributed by atoms with E-state index in [1.165, 1.54) is 17.9 Å². The molecular weight excluding hydrogens is 385 g/mol. The number of thiocarbonyl (C=S) groups is 1. The number of benzene rings is 1. The van der Waals surface area contributed by atoms with Gasteiger partial charge >= 0.3 is 6.09 Å². The maximum atomic E-state index is 14.7. The predicted octanol–water partition coefficient (Wildman–Crippen LogP) is 1.84. The van der Waals surface area contributed by atoms with Crippen LogP contribution in [0.25, 0.3) is 0 Å². The highest BCUT2D eigenvalue weighted by Crippen LogP contribution is 2.46. The van der Waals surface area contributed by atoms with Gasteiger partial charge in [0, 0.05) is 19.9 Å². The molecule has 2 amide bonds. The number of hydrazone groups is 1. The summed E-state index contributed by atoms with van der Waals surface area (Å²) in [6, 6.07) is 4.42. The third-order valence-corrected chi connectivity index (χ3v) is 5.35. The summed E-state index contributed by atoms with van der Waals surface area (Å²) in [5, 5.41) is 8.65. The number of ether oxygens (including phenoxy) is 1. The van der Waals surface area contributed by atoms with Crippen LogP contribution in [0.4, 0.5) is 20.6 Å². The Morgan fingerprint density at radius 2 is 2.18 bits per heavy atom. The Balaban J connectivity index is 1.48. The average Bonchev–Trinajstić information content (AvgIpc) is 3.16. The van der Waals surface area contributed by atoms with E-state index in [2.05, 4.69) is 10.4 Å². The summed E-state index contributed by atoms with van der Waals surface area (Å²) in [5.74, 6) is -0.628. The van der Waals surface area contributed by atoms with Gasteiger partial charge in [0.25, 0.3) is 0 Å². The molecule has 0 bridgehead atoms. The molecule has 3 aliphatic rings. The van der Waals surface area contributed by atoms with Crippen LogP contribution < -0.4 is 15.1 Å². The highest BCUT2D eigenvalue weighted by molar-refractivity contribution is 7.80. The van der Waals surface area contributed by atoms with Gasteiger partial charge < -0.3 is 15.0 Å². The lowest BCUT2D eigenvalue weighted by Gasteiger charge is -2.29. The zero-order valence-corrected chi connectivity index (χ0v) is 16.3. The Bertz CT molecular complexity index is 894. The van der Waals surface area contributed by atoms with Crippen molar-refractivity contribution in [3.8, 4) is 0 Å². The van der Waals surface area contributed by atoms with E-state index in [1.807, 2.05) is 0 Å². The molecule has 1 spiro atoms. The maximum Gasteiger partial charge on any atom is 0.415 e. The minimum atomic E-state index is -0.709. The summed E-state index contributed by atoms with van der Waals surface area (Å²) >= 11 is 5.09. The summed E-state index contributed by atoms with van der Waals surface area (Å²) in [7, 11) is 0. The normalized spacial score (nSPS) is 25.9. The van der Waals surface area contributed by atoms with E-state index >= 15 is 0 Å². The smallest absolute Gasteiger partial charge is 0.415 e. The van der Waals surface area contributed by atoms with E-state index in [1.54, 1.807) is 35.3 Å². The van der Waals surface area contributed by atoms with Crippen molar-refractivity contribution in [1.82, 2.24) is 10.3 Å². The number of nitrogens with one attached hydrogen (secondary N) is 1. The van der Waals surface area contributed by atoms with Crippen molar-refractivity contribution in [2.24, 2.45) is 5.10 Å². The van der Waals surface area contributed by atoms with Gasteiger partial charge in [0.05, 0.1) is 35.5 Å². The molecule has 1 saturated heterocycles. The van der Waals surface area contributed by atoms with E-state index in [0.717, 1.165) is 0 Å². The number of carbonyl (C=O) groups excluding carboxylic acids is 2. The SMILES string of the molecule is CC(=O)N[C@H]1C[C@]12CN(c1ccc(N3C=NN(C(C)=S)CC3)c(F)c1)C(=O)O2. The maximum absolute atomic E-state index is 14.7. The van der Waals surface area contributed by atoms with Crippen LogP contribution in [0, 0.1) is 5.82 Å². The van der Waals surface area contributed by atoms with E-state index in [9.17, 15) is 14.0 Å². The van der Waals surface area contributed by atoms with Crippen LogP contribution in [0.5, 0.6) is 0 Å². The first-order valence-corrected chi connectivity index (χ1v) is 9.36. The summed E-state index contributed by atoms with van der Waals surface area (Å²) in [6.45, 7) is 4.60.